The Morgan fingerprint density at radius 2 is 1.88 bits per heavy atom. The number of rotatable bonds is 8. The Labute approximate surface area is 96.6 Å². The molecule has 2 amide bonds. The van der Waals surface area contributed by atoms with Crippen LogP contribution in [-0.2, 0) is 4.79 Å². The summed E-state index contributed by atoms with van der Waals surface area (Å²) in [4.78, 5) is 22.1. The van der Waals surface area contributed by atoms with Crippen molar-refractivity contribution in [3.05, 3.63) is 0 Å². The van der Waals surface area contributed by atoms with Crippen molar-refractivity contribution in [2.24, 2.45) is 0 Å². The van der Waals surface area contributed by atoms with Gasteiger partial charge in [-0.05, 0) is 12.8 Å². The predicted octanol–water partition coefficient (Wildman–Crippen LogP) is 1.73. The van der Waals surface area contributed by atoms with Gasteiger partial charge in [0.25, 0.3) is 0 Å². The van der Waals surface area contributed by atoms with Gasteiger partial charge in [0.15, 0.2) is 0 Å². The molecule has 1 atom stereocenters. The van der Waals surface area contributed by atoms with Crippen molar-refractivity contribution >= 4 is 12.0 Å². The van der Waals surface area contributed by atoms with Gasteiger partial charge in [-0.3, -0.25) is 0 Å². The van der Waals surface area contributed by atoms with Crippen molar-refractivity contribution in [2.45, 2.75) is 52.0 Å². The van der Waals surface area contributed by atoms with E-state index in [0.717, 1.165) is 25.7 Å². The molecular formula is C11H22N2O3. The number of hydrogen-bond donors (Lipinski definition) is 3. The number of urea groups is 1. The average molecular weight is 230 g/mol. The third kappa shape index (κ3) is 7.09. The SMILES string of the molecule is CCCCCNC(=O)N[C@@H](CCC)C(=O)O. The zero-order valence-electron chi connectivity index (χ0n) is 10.1. The first-order valence-corrected chi connectivity index (χ1v) is 5.89. The molecular weight excluding hydrogens is 208 g/mol. The van der Waals surface area contributed by atoms with Gasteiger partial charge in [0.2, 0.25) is 0 Å². The highest BCUT2D eigenvalue weighted by atomic mass is 16.4. The van der Waals surface area contributed by atoms with E-state index in [2.05, 4.69) is 17.6 Å². The third-order valence-corrected chi connectivity index (χ3v) is 2.25. The van der Waals surface area contributed by atoms with Crippen molar-refractivity contribution in [2.75, 3.05) is 6.54 Å². The average Bonchev–Trinajstić information content (AvgIpc) is 2.23. The van der Waals surface area contributed by atoms with Crippen LogP contribution < -0.4 is 10.6 Å². The first-order chi connectivity index (χ1) is 7.61. The molecule has 0 aliphatic heterocycles. The molecule has 0 bridgehead atoms. The van der Waals surface area contributed by atoms with Gasteiger partial charge in [0.05, 0.1) is 0 Å². The fourth-order valence-electron chi connectivity index (χ4n) is 1.33. The highest BCUT2D eigenvalue weighted by Crippen LogP contribution is 1.96. The van der Waals surface area contributed by atoms with E-state index in [-0.39, 0.29) is 0 Å². The Balaban J connectivity index is 3.77. The minimum atomic E-state index is -0.981. The Bertz CT molecular complexity index is 219. The Kier molecular flexibility index (Phi) is 8.29. The number of carbonyl (C=O) groups excluding carboxylic acids is 1. The lowest BCUT2D eigenvalue weighted by molar-refractivity contribution is -0.139. The summed E-state index contributed by atoms with van der Waals surface area (Å²) in [7, 11) is 0. The van der Waals surface area contributed by atoms with Crippen LogP contribution in [-0.4, -0.2) is 29.7 Å². The summed E-state index contributed by atoms with van der Waals surface area (Å²) >= 11 is 0. The van der Waals surface area contributed by atoms with E-state index in [0.29, 0.717) is 13.0 Å². The first kappa shape index (κ1) is 14.7. The van der Waals surface area contributed by atoms with Gasteiger partial charge in [-0.2, -0.15) is 0 Å². The molecule has 0 spiro atoms. The van der Waals surface area contributed by atoms with E-state index >= 15 is 0 Å². The van der Waals surface area contributed by atoms with E-state index in [1.54, 1.807) is 0 Å². The second-order valence-corrected chi connectivity index (χ2v) is 3.79. The summed E-state index contributed by atoms with van der Waals surface area (Å²) in [6.07, 6.45) is 4.27. The maximum atomic E-state index is 11.3. The molecule has 0 unspecified atom stereocenters. The summed E-state index contributed by atoms with van der Waals surface area (Å²) in [5.41, 5.74) is 0. The minimum absolute atomic E-state index is 0.392. The lowest BCUT2D eigenvalue weighted by Crippen LogP contribution is -2.46. The molecule has 0 aromatic rings. The molecule has 0 heterocycles. The van der Waals surface area contributed by atoms with E-state index in [4.69, 9.17) is 5.11 Å². The number of carbonyl (C=O) groups is 2. The zero-order valence-corrected chi connectivity index (χ0v) is 10.1. The van der Waals surface area contributed by atoms with Crippen LogP contribution in [0.5, 0.6) is 0 Å². The molecule has 16 heavy (non-hydrogen) atoms. The molecule has 0 fully saturated rings. The Hall–Kier alpha value is -1.26. The second-order valence-electron chi connectivity index (χ2n) is 3.79. The molecule has 0 saturated heterocycles. The molecule has 0 aliphatic rings. The van der Waals surface area contributed by atoms with Gasteiger partial charge in [0, 0.05) is 6.54 Å². The molecule has 5 nitrogen and oxygen atoms in total. The predicted molar refractivity (Wildman–Crippen MR) is 62.4 cm³/mol. The number of aliphatic carboxylic acids is 1. The van der Waals surface area contributed by atoms with Crippen molar-refractivity contribution in [1.29, 1.82) is 0 Å². The molecule has 3 N–H and O–H groups in total. The lowest BCUT2D eigenvalue weighted by Gasteiger charge is -2.14. The van der Waals surface area contributed by atoms with Crippen LogP contribution >= 0.6 is 0 Å². The Morgan fingerprint density at radius 3 is 2.38 bits per heavy atom. The third-order valence-electron chi connectivity index (χ3n) is 2.25. The van der Waals surface area contributed by atoms with Gasteiger partial charge >= 0.3 is 12.0 Å². The maximum absolute atomic E-state index is 11.3. The topological polar surface area (TPSA) is 78.4 Å². The number of nitrogens with one attached hydrogen (secondary N) is 2. The summed E-state index contributed by atoms with van der Waals surface area (Å²) in [5.74, 6) is -0.981. The zero-order chi connectivity index (χ0) is 12.4. The van der Waals surface area contributed by atoms with Crippen molar-refractivity contribution in [1.82, 2.24) is 10.6 Å². The maximum Gasteiger partial charge on any atom is 0.326 e. The van der Waals surface area contributed by atoms with E-state index in [9.17, 15) is 9.59 Å². The number of carboxylic acid groups (broad SMARTS) is 1. The first-order valence-electron chi connectivity index (χ1n) is 5.89. The molecule has 0 aromatic heterocycles. The summed E-state index contributed by atoms with van der Waals surface area (Å²) in [6.45, 7) is 4.57. The molecule has 0 aliphatic carbocycles. The van der Waals surface area contributed by atoms with Crippen LogP contribution in [0.2, 0.25) is 0 Å². The number of amides is 2. The largest absolute Gasteiger partial charge is 0.480 e. The van der Waals surface area contributed by atoms with Crippen LogP contribution in [0.25, 0.3) is 0 Å². The fourth-order valence-corrected chi connectivity index (χ4v) is 1.33. The monoisotopic (exact) mass is 230 g/mol. The van der Waals surface area contributed by atoms with Crippen LogP contribution in [0.3, 0.4) is 0 Å². The van der Waals surface area contributed by atoms with E-state index in [1.165, 1.54) is 0 Å². The second kappa shape index (κ2) is 9.00. The number of unbranched alkanes of at least 4 members (excludes halogenated alkanes) is 2. The van der Waals surface area contributed by atoms with Crippen molar-refractivity contribution < 1.29 is 14.7 Å². The molecule has 0 radical (unpaired) electrons. The van der Waals surface area contributed by atoms with Gasteiger partial charge in [-0.1, -0.05) is 33.1 Å². The van der Waals surface area contributed by atoms with Gasteiger partial charge in [-0.15, -0.1) is 0 Å². The Morgan fingerprint density at radius 1 is 1.19 bits per heavy atom. The van der Waals surface area contributed by atoms with Crippen LogP contribution in [0.15, 0.2) is 0 Å². The van der Waals surface area contributed by atoms with Crippen LogP contribution in [0.4, 0.5) is 4.79 Å². The standard InChI is InChI=1S/C11H22N2O3/c1-3-5-6-8-12-11(16)13-9(7-4-2)10(14)15/h9H,3-8H2,1-2H3,(H,14,15)(H2,12,13,16)/t9-/m0/s1. The summed E-state index contributed by atoms with van der Waals surface area (Å²) in [6, 6.07) is -1.17. The van der Waals surface area contributed by atoms with Gasteiger partial charge in [-0.25, -0.2) is 9.59 Å². The van der Waals surface area contributed by atoms with Crippen LogP contribution in [0.1, 0.15) is 46.0 Å². The van der Waals surface area contributed by atoms with Crippen molar-refractivity contribution in [3.63, 3.8) is 0 Å². The molecule has 0 saturated carbocycles. The van der Waals surface area contributed by atoms with E-state index in [1.807, 2.05) is 6.92 Å². The van der Waals surface area contributed by atoms with Crippen molar-refractivity contribution in [3.8, 4) is 0 Å². The quantitative estimate of drug-likeness (QED) is 0.556. The minimum Gasteiger partial charge on any atom is -0.480 e. The summed E-state index contributed by atoms with van der Waals surface area (Å²) in [5, 5.41) is 13.9. The molecule has 0 rings (SSSR count). The summed E-state index contributed by atoms with van der Waals surface area (Å²) < 4.78 is 0. The van der Waals surface area contributed by atoms with E-state index < -0.39 is 18.0 Å². The lowest BCUT2D eigenvalue weighted by atomic mass is 10.2. The number of carboxylic acids is 1. The van der Waals surface area contributed by atoms with Crippen LogP contribution in [0, 0.1) is 0 Å². The molecule has 5 heteroatoms. The highest BCUT2D eigenvalue weighted by molar-refractivity contribution is 5.82. The molecule has 0 aromatic carbocycles. The number of hydrogen-bond acceptors (Lipinski definition) is 2. The molecule has 94 valence electrons. The van der Waals surface area contributed by atoms with Gasteiger partial charge < -0.3 is 15.7 Å². The highest BCUT2D eigenvalue weighted by Gasteiger charge is 2.17. The normalized spacial score (nSPS) is 11.9. The smallest absolute Gasteiger partial charge is 0.326 e. The fraction of sp³-hybridized carbons (Fsp3) is 0.818. The van der Waals surface area contributed by atoms with Gasteiger partial charge in [0.1, 0.15) is 6.04 Å².